The summed E-state index contributed by atoms with van der Waals surface area (Å²) in [6.07, 6.45) is 5.52. The molecule has 0 atom stereocenters. The zero-order valence-corrected chi connectivity index (χ0v) is 7.48. The van der Waals surface area contributed by atoms with Crippen molar-refractivity contribution >= 4 is 12.7 Å². The third kappa shape index (κ3) is 4.22. The van der Waals surface area contributed by atoms with Crippen LogP contribution in [0.2, 0.25) is 0 Å². The topological polar surface area (TPSA) is 40.6 Å². The second-order valence-electron chi connectivity index (χ2n) is 2.30. The van der Waals surface area contributed by atoms with E-state index in [0.717, 1.165) is 0 Å². The van der Waals surface area contributed by atoms with Gasteiger partial charge >= 0.3 is 0 Å². The number of amides is 1. The van der Waals surface area contributed by atoms with Gasteiger partial charge in [-0.2, -0.15) is 0 Å². The SMILES string of the molecule is C=CCN(CC=C)N(C=O)C[C]=O. The molecule has 0 aromatic heterocycles. The Morgan fingerprint density at radius 1 is 1.23 bits per heavy atom. The van der Waals surface area contributed by atoms with E-state index in [1.165, 1.54) is 5.01 Å². The number of hydrogen-bond donors (Lipinski definition) is 0. The molecule has 4 heteroatoms. The van der Waals surface area contributed by atoms with Crippen LogP contribution in [0.25, 0.3) is 0 Å². The molecule has 0 N–H and O–H groups in total. The van der Waals surface area contributed by atoms with Crippen molar-refractivity contribution in [2.24, 2.45) is 0 Å². The second-order valence-corrected chi connectivity index (χ2v) is 2.30. The molecule has 0 unspecified atom stereocenters. The smallest absolute Gasteiger partial charge is 0.224 e. The van der Waals surface area contributed by atoms with Gasteiger partial charge < -0.3 is 0 Å². The van der Waals surface area contributed by atoms with Gasteiger partial charge in [-0.1, -0.05) is 12.2 Å². The Balaban J connectivity index is 4.25. The van der Waals surface area contributed by atoms with Gasteiger partial charge in [0.2, 0.25) is 12.7 Å². The highest BCUT2D eigenvalue weighted by Gasteiger charge is 2.09. The lowest BCUT2D eigenvalue weighted by Crippen LogP contribution is -2.42. The molecule has 1 radical (unpaired) electrons. The first-order chi connectivity index (χ1) is 6.29. The van der Waals surface area contributed by atoms with Gasteiger partial charge in [0.05, 0.1) is 0 Å². The first-order valence-corrected chi connectivity index (χ1v) is 3.83. The normalized spacial score (nSPS) is 9.31. The van der Waals surface area contributed by atoms with E-state index in [1.54, 1.807) is 23.4 Å². The van der Waals surface area contributed by atoms with Crippen LogP contribution in [0.4, 0.5) is 0 Å². The minimum absolute atomic E-state index is 0.0643. The zero-order chi connectivity index (χ0) is 10.1. The number of carbonyl (C=O) groups excluding carboxylic acids is 2. The highest BCUT2D eigenvalue weighted by atomic mass is 16.2. The molecular weight excluding hydrogens is 168 g/mol. The van der Waals surface area contributed by atoms with E-state index in [0.29, 0.717) is 19.5 Å². The highest BCUT2D eigenvalue weighted by molar-refractivity contribution is 5.59. The lowest BCUT2D eigenvalue weighted by atomic mass is 10.5. The van der Waals surface area contributed by atoms with Crippen molar-refractivity contribution in [1.29, 1.82) is 0 Å². The quantitative estimate of drug-likeness (QED) is 0.304. The summed E-state index contributed by atoms with van der Waals surface area (Å²) in [6.45, 7) is 8.01. The lowest BCUT2D eigenvalue weighted by molar-refractivity contribution is -0.131. The maximum atomic E-state index is 10.5. The van der Waals surface area contributed by atoms with Crippen molar-refractivity contribution in [3.8, 4) is 0 Å². The van der Waals surface area contributed by atoms with Gasteiger partial charge in [0.15, 0.2) is 0 Å². The predicted molar refractivity (Wildman–Crippen MR) is 50.4 cm³/mol. The van der Waals surface area contributed by atoms with Gasteiger partial charge in [-0.05, 0) is 0 Å². The van der Waals surface area contributed by atoms with Crippen molar-refractivity contribution in [1.82, 2.24) is 10.0 Å². The third-order valence-electron chi connectivity index (χ3n) is 1.39. The number of nitrogens with zero attached hydrogens (tertiary/aromatic N) is 2. The Bertz CT molecular complexity index is 182. The predicted octanol–water partition coefficient (Wildman–Crippen LogP) is 0.143. The fourth-order valence-corrected chi connectivity index (χ4v) is 0.852. The van der Waals surface area contributed by atoms with Crippen LogP contribution in [0.15, 0.2) is 25.3 Å². The van der Waals surface area contributed by atoms with Crippen LogP contribution < -0.4 is 0 Å². The van der Waals surface area contributed by atoms with Crippen LogP contribution >= 0.6 is 0 Å². The maximum absolute atomic E-state index is 10.5. The summed E-state index contributed by atoms with van der Waals surface area (Å²) in [4.78, 5) is 20.6. The first kappa shape index (κ1) is 11.6. The molecule has 71 valence electrons. The molecule has 0 bridgehead atoms. The minimum atomic E-state index is -0.0643. The van der Waals surface area contributed by atoms with Gasteiger partial charge in [0, 0.05) is 13.1 Å². The molecule has 4 nitrogen and oxygen atoms in total. The summed E-state index contributed by atoms with van der Waals surface area (Å²) in [7, 11) is 0. The van der Waals surface area contributed by atoms with E-state index in [-0.39, 0.29) is 6.54 Å². The summed E-state index contributed by atoms with van der Waals surface area (Å²) < 4.78 is 0. The van der Waals surface area contributed by atoms with Crippen molar-refractivity contribution < 1.29 is 9.59 Å². The van der Waals surface area contributed by atoms with Crippen LogP contribution in [0.5, 0.6) is 0 Å². The van der Waals surface area contributed by atoms with E-state index in [4.69, 9.17) is 0 Å². The van der Waals surface area contributed by atoms with E-state index in [9.17, 15) is 9.59 Å². The molecule has 0 saturated carbocycles. The molecule has 0 aliphatic rings. The molecule has 0 spiro atoms. The molecule has 0 aromatic rings. The maximum Gasteiger partial charge on any atom is 0.224 e. The van der Waals surface area contributed by atoms with E-state index >= 15 is 0 Å². The van der Waals surface area contributed by atoms with Crippen molar-refractivity contribution in [2.45, 2.75) is 0 Å². The molecule has 0 aliphatic heterocycles. The Hall–Kier alpha value is -1.42. The van der Waals surface area contributed by atoms with Gasteiger partial charge in [-0.3, -0.25) is 14.6 Å². The molecule has 0 aromatic carbocycles. The van der Waals surface area contributed by atoms with Crippen LogP contribution in [0.3, 0.4) is 0 Å². The molecular formula is C9H13N2O2. The summed E-state index contributed by atoms with van der Waals surface area (Å²) in [5, 5.41) is 2.87. The van der Waals surface area contributed by atoms with Crippen LogP contribution in [-0.2, 0) is 9.59 Å². The van der Waals surface area contributed by atoms with Gasteiger partial charge in [0.1, 0.15) is 6.54 Å². The Morgan fingerprint density at radius 3 is 2.08 bits per heavy atom. The van der Waals surface area contributed by atoms with Gasteiger partial charge in [0.25, 0.3) is 0 Å². The zero-order valence-electron chi connectivity index (χ0n) is 7.48. The standard InChI is InChI=1S/C9H13N2O2/c1-3-5-10(6-4-2)11(9-13)7-8-12/h3-4,9H,1-2,5-7H2. The molecule has 0 aliphatic carbocycles. The summed E-state index contributed by atoms with van der Waals surface area (Å²) in [6, 6.07) is 0. The second kappa shape index (κ2) is 7.24. The van der Waals surface area contributed by atoms with Crippen molar-refractivity contribution in [2.75, 3.05) is 19.6 Å². The first-order valence-electron chi connectivity index (χ1n) is 3.83. The van der Waals surface area contributed by atoms with E-state index in [1.807, 2.05) is 0 Å². The molecule has 0 fully saturated rings. The average Bonchev–Trinajstić information content (AvgIpc) is 2.14. The molecule has 13 heavy (non-hydrogen) atoms. The lowest BCUT2D eigenvalue weighted by Gasteiger charge is -2.27. The van der Waals surface area contributed by atoms with Crippen molar-refractivity contribution in [3.05, 3.63) is 25.3 Å². The van der Waals surface area contributed by atoms with Crippen molar-refractivity contribution in [3.63, 3.8) is 0 Å². The molecule has 1 amide bonds. The molecule has 0 saturated heterocycles. The Kier molecular flexibility index (Phi) is 6.45. The van der Waals surface area contributed by atoms with Gasteiger partial charge in [-0.15, -0.1) is 13.2 Å². The molecule has 0 rings (SSSR count). The fraction of sp³-hybridized carbons (Fsp3) is 0.333. The number of carbonyl (C=O) groups is 1. The minimum Gasteiger partial charge on any atom is -0.289 e. The number of rotatable bonds is 8. The Morgan fingerprint density at radius 2 is 1.77 bits per heavy atom. The third-order valence-corrected chi connectivity index (χ3v) is 1.39. The fourth-order valence-electron chi connectivity index (χ4n) is 0.852. The van der Waals surface area contributed by atoms with Gasteiger partial charge in [-0.25, -0.2) is 5.01 Å². The number of hydrogen-bond acceptors (Lipinski definition) is 3. The summed E-state index contributed by atoms with van der Waals surface area (Å²) >= 11 is 0. The molecule has 0 heterocycles. The monoisotopic (exact) mass is 181 g/mol. The summed E-state index contributed by atoms with van der Waals surface area (Å²) in [5.74, 6) is 0. The largest absolute Gasteiger partial charge is 0.289 e. The average molecular weight is 181 g/mol. The van der Waals surface area contributed by atoms with Crippen LogP contribution in [0.1, 0.15) is 0 Å². The number of hydrazine groups is 1. The Labute approximate surface area is 78.1 Å². The van der Waals surface area contributed by atoms with Crippen LogP contribution in [-0.4, -0.2) is 42.3 Å². The van der Waals surface area contributed by atoms with E-state index in [2.05, 4.69) is 13.2 Å². The highest BCUT2D eigenvalue weighted by Crippen LogP contribution is 1.94. The van der Waals surface area contributed by atoms with Crippen LogP contribution in [0, 0.1) is 0 Å². The van der Waals surface area contributed by atoms with E-state index < -0.39 is 0 Å². The summed E-state index contributed by atoms with van der Waals surface area (Å²) in [5.41, 5.74) is 0.